The molecule has 1 aliphatic heterocycles. The molecule has 0 bridgehead atoms. The minimum atomic E-state index is -0.146. The van der Waals surface area contributed by atoms with Crippen LogP contribution in [0.15, 0.2) is 65.2 Å². The van der Waals surface area contributed by atoms with Crippen LogP contribution in [0.1, 0.15) is 21.8 Å². The lowest BCUT2D eigenvalue weighted by Gasteiger charge is -2.35. The first-order chi connectivity index (χ1) is 17.9. The van der Waals surface area contributed by atoms with Crippen LogP contribution in [0.25, 0.3) is 22.5 Å². The fourth-order valence-corrected chi connectivity index (χ4v) is 4.61. The van der Waals surface area contributed by atoms with E-state index >= 15 is 0 Å². The number of carbonyl (C=O) groups excluding carboxylic acids is 1. The SMILES string of the molecule is COc1ccc(NC(=O)c2ccc(-c3ccc(-c4noc(C)n4)cc3)c(C)c2)cc1N1CCN(C)CC1. The molecule has 8 heteroatoms. The number of piperazine rings is 1. The van der Waals surface area contributed by atoms with Crippen molar-refractivity contribution in [3.63, 3.8) is 0 Å². The van der Waals surface area contributed by atoms with Crippen LogP contribution in [-0.2, 0) is 0 Å². The summed E-state index contributed by atoms with van der Waals surface area (Å²) in [5.74, 6) is 1.77. The number of aryl methyl sites for hydroxylation is 2. The fourth-order valence-electron chi connectivity index (χ4n) is 4.61. The molecule has 0 spiro atoms. The maximum atomic E-state index is 13.1. The summed E-state index contributed by atoms with van der Waals surface area (Å²) in [5.41, 5.74) is 6.38. The van der Waals surface area contributed by atoms with Gasteiger partial charge >= 0.3 is 0 Å². The van der Waals surface area contributed by atoms with Crippen molar-refractivity contribution in [3.8, 4) is 28.3 Å². The molecule has 1 fully saturated rings. The van der Waals surface area contributed by atoms with Crippen molar-refractivity contribution in [1.29, 1.82) is 0 Å². The summed E-state index contributed by atoms with van der Waals surface area (Å²) in [6, 6.07) is 19.6. The van der Waals surface area contributed by atoms with Gasteiger partial charge in [-0.2, -0.15) is 4.98 Å². The van der Waals surface area contributed by atoms with Gasteiger partial charge in [0.15, 0.2) is 0 Å². The summed E-state index contributed by atoms with van der Waals surface area (Å²) < 4.78 is 10.7. The number of aromatic nitrogens is 2. The molecule has 0 atom stereocenters. The molecule has 0 aliphatic carbocycles. The second-order valence-electron chi connectivity index (χ2n) is 9.38. The van der Waals surface area contributed by atoms with Crippen LogP contribution in [-0.4, -0.2) is 61.3 Å². The lowest BCUT2D eigenvalue weighted by atomic mass is 9.97. The maximum Gasteiger partial charge on any atom is 0.255 e. The minimum Gasteiger partial charge on any atom is -0.495 e. The molecule has 190 valence electrons. The van der Waals surface area contributed by atoms with Crippen LogP contribution >= 0.6 is 0 Å². The largest absolute Gasteiger partial charge is 0.495 e. The first kappa shape index (κ1) is 24.5. The van der Waals surface area contributed by atoms with E-state index in [9.17, 15) is 4.79 Å². The molecular weight excluding hydrogens is 466 g/mol. The second-order valence-corrected chi connectivity index (χ2v) is 9.38. The van der Waals surface area contributed by atoms with Crippen LogP contribution in [0.5, 0.6) is 5.75 Å². The molecule has 1 aromatic heterocycles. The molecule has 1 saturated heterocycles. The van der Waals surface area contributed by atoms with Gasteiger partial charge in [0.25, 0.3) is 5.91 Å². The summed E-state index contributed by atoms with van der Waals surface area (Å²) in [5, 5.41) is 7.03. The van der Waals surface area contributed by atoms with Gasteiger partial charge in [-0.15, -0.1) is 0 Å². The molecule has 1 aliphatic rings. The van der Waals surface area contributed by atoms with Gasteiger partial charge in [-0.25, -0.2) is 0 Å². The average Bonchev–Trinajstić information content (AvgIpc) is 3.35. The number of anilines is 2. The van der Waals surface area contributed by atoms with E-state index in [4.69, 9.17) is 9.26 Å². The van der Waals surface area contributed by atoms with Crippen molar-refractivity contribution >= 4 is 17.3 Å². The van der Waals surface area contributed by atoms with Gasteiger partial charge in [0.1, 0.15) is 5.75 Å². The first-order valence-electron chi connectivity index (χ1n) is 12.4. The number of methoxy groups -OCH3 is 1. The zero-order valence-electron chi connectivity index (χ0n) is 21.6. The van der Waals surface area contributed by atoms with E-state index in [0.29, 0.717) is 17.3 Å². The number of ether oxygens (including phenoxy) is 1. The molecule has 2 heterocycles. The highest BCUT2D eigenvalue weighted by atomic mass is 16.5. The Labute approximate surface area is 216 Å². The zero-order chi connectivity index (χ0) is 25.9. The topological polar surface area (TPSA) is 83.7 Å². The molecule has 1 amide bonds. The zero-order valence-corrected chi connectivity index (χ0v) is 21.6. The van der Waals surface area contributed by atoms with E-state index in [2.05, 4.69) is 32.3 Å². The Morgan fingerprint density at radius 3 is 2.32 bits per heavy atom. The quantitative estimate of drug-likeness (QED) is 0.400. The number of carbonyl (C=O) groups is 1. The molecule has 37 heavy (non-hydrogen) atoms. The molecule has 1 N–H and O–H groups in total. The predicted octanol–water partition coefficient (Wildman–Crippen LogP) is 5.03. The van der Waals surface area contributed by atoms with Crippen LogP contribution in [0.3, 0.4) is 0 Å². The summed E-state index contributed by atoms with van der Waals surface area (Å²) in [4.78, 5) is 22.0. The van der Waals surface area contributed by atoms with Crippen molar-refractivity contribution in [2.75, 3.05) is 50.6 Å². The highest BCUT2D eigenvalue weighted by Crippen LogP contribution is 2.32. The van der Waals surface area contributed by atoms with Crippen LogP contribution < -0.4 is 15.0 Å². The number of amides is 1. The highest BCUT2D eigenvalue weighted by molar-refractivity contribution is 6.05. The molecule has 0 radical (unpaired) electrons. The summed E-state index contributed by atoms with van der Waals surface area (Å²) in [6.45, 7) is 7.60. The van der Waals surface area contributed by atoms with Crippen molar-refractivity contribution < 1.29 is 14.1 Å². The molecule has 3 aromatic carbocycles. The van der Waals surface area contributed by atoms with Gasteiger partial charge in [-0.3, -0.25) is 4.79 Å². The van der Waals surface area contributed by atoms with E-state index < -0.39 is 0 Å². The van der Waals surface area contributed by atoms with Gasteiger partial charge in [-0.1, -0.05) is 35.5 Å². The fraction of sp³-hybridized carbons (Fsp3) is 0.276. The number of hydrogen-bond donors (Lipinski definition) is 1. The van der Waals surface area contributed by atoms with Crippen molar-refractivity contribution in [1.82, 2.24) is 15.0 Å². The van der Waals surface area contributed by atoms with Gasteiger partial charge in [0, 0.05) is 49.9 Å². The third-order valence-corrected chi connectivity index (χ3v) is 6.75. The Bertz CT molecular complexity index is 1410. The third-order valence-electron chi connectivity index (χ3n) is 6.75. The number of nitrogens with zero attached hydrogens (tertiary/aromatic N) is 4. The highest BCUT2D eigenvalue weighted by Gasteiger charge is 2.19. The normalized spacial score (nSPS) is 14.0. The van der Waals surface area contributed by atoms with Crippen LogP contribution in [0.2, 0.25) is 0 Å². The number of likely N-dealkylation sites (N-methyl/N-ethyl adjacent to an activating group) is 1. The molecule has 4 aromatic rings. The molecule has 0 unspecified atom stereocenters. The Balaban J connectivity index is 1.31. The number of rotatable bonds is 6. The standard InChI is InChI=1S/C29H31N5O3/c1-19-17-23(9-11-25(19)21-5-7-22(8-6-21)28-30-20(2)37-32-28)29(35)31-24-10-12-27(36-4)26(18-24)34-15-13-33(3)14-16-34/h5-12,17-18H,13-16H2,1-4H3,(H,31,35). The summed E-state index contributed by atoms with van der Waals surface area (Å²) in [7, 11) is 3.81. The third kappa shape index (κ3) is 5.34. The van der Waals surface area contributed by atoms with E-state index in [-0.39, 0.29) is 5.91 Å². The van der Waals surface area contributed by atoms with Gasteiger partial charge in [-0.05, 0) is 61.0 Å². The lowest BCUT2D eigenvalue weighted by Crippen LogP contribution is -2.44. The smallest absolute Gasteiger partial charge is 0.255 e. The Morgan fingerprint density at radius 1 is 0.946 bits per heavy atom. The predicted molar refractivity (Wildman–Crippen MR) is 145 cm³/mol. The monoisotopic (exact) mass is 497 g/mol. The molecule has 8 nitrogen and oxygen atoms in total. The lowest BCUT2D eigenvalue weighted by molar-refractivity contribution is 0.102. The molecule has 0 saturated carbocycles. The van der Waals surface area contributed by atoms with Gasteiger partial charge in [0.2, 0.25) is 11.7 Å². The Hall–Kier alpha value is -4.17. The number of benzene rings is 3. The Morgan fingerprint density at radius 2 is 1.68 bits per heavy atom. The summed E-state index contributed by atoms with van der Waals surface area (Å²) >= 11 is 0. The van der Waals surface area contributed by atoms with Crippen molar-refractivity contribution in [2.45, 2.75) is 13.8 Å². The van der Waals surface area contributed by atoms with E-state index in [0.717, 1.165) is 65.6 Å². The molecule has 5 rings (SSSR count). The minimum absolute atomic E-state index is 0.146. The maximum absolute atomic E-state index is 13.1. The van der Waals surface area contributed by atoms with E-state index in [1.165, 1.54) is 0 Å². The molecular formula is C29H31N5O3. The van der Waals surface area contributed by atoms with Gasteiger partial charge in [0.05, 0.1) is 12.8 Å². The van der Waals surface area contributed by atoms with Gasteiger partial charge < -0.3 is 24.4 Å². The summed E-state index contributed by atoms with van der Waals surface area (Å²) in [6.07, 6.45) is 0. The second kappa shape index (κ2) is 10.4. The van der Waals surface area contributed by atoms with Crippen molar-refractivity contribution in [3.05, 3.63) is 77.7 Å². The van der Waals surface area contributed by atoms with Crippen LogP contribution in [0.4, 0.5) is 11.4 Å². The van der Waals surface area contributed by atoms with Crippen molar-refractivity contribution in [2.24, 2.45) is 0 Å². The van der Waals surface area contributed by atoms with Crippen LogP contribution in [0, 0.1) is 13.8 Å². The Kier molecular flexibility index (Phi) is 6.92. The average molecular weight is 498 g/mol. The van der Waals surface area contributed by atoms with E-state index in [1.807, 2.05) is 67.6 Å². The number of hydrogen-bond acceptors (Lipinski definition) is 7. The number of nitrogens with one attached hydrogen (secondary N) is 1. The first-order valence-corrected chi connectivity index (χ1v) is 12.4. The van der Waals surface area contributed by atoms with E-state index in [1.54, 1.807) is 14.0 Å².